The first kappa shape index (κ1) is 15.1. The molecule has 1 saturated carbocycles. The third kappa shape index (κ3) is 3.33. The Bertz CT molecular complexity index is 543. The van der Waals surface area contributed by atoms with Gasteiger partial charge < -0.3 is 15.2 Å². The first-order valence-electron chi connectivity index (χ1n) is 7.48. The van der Waals surface area contributed by atoms with E-state index in [4.69, 9.17) is 39.0 Å². The zero-order chi connectivity index (χ0) is 14.9. The molecule has 1 aromatic rings. The summed E-state index contributed by atoms with van der Waals surface area (Å²) in [6.45, 7) is 0.758. The molecule has 1 heterocycles. The van der Waals surface area contributed by atoms with Crippen LogP contribution in [0.2, 0.25) is 5.02 Å². The molecule has 1 atom stereocenters. The Kier molecular flexibility index (Phi) is 4.38. The number of halogens is 1. The van der Waals surface area contributed by atoms with E-state index < -0.39 is 0 Å². The van der Waals surface area contributed by atoms with Crippen LogP contribution < -0.4 is 10.5 Å². The highest BCUT2D eigenvalue weighted by Crippen LogP contribution is 2.41. The molecule has 5 heteroatoms. The summed E-state index contributed by atoms with van der Waals surface area (Å²) in [6.07, 6.45) is 6.77. The van der Waals surface area contributed by atoms with Gasteiger partial charge in [-0.15, -0.1) is 0 Å². The monoisotopic (exact) mass is 325 g/mol. The zero-order valence-electron chi connectivity index (χ0n) is 11.9. The number of benzene rings is 1. The summed E-state index contributed by atoms with van der Waals surface area (Å²) in [5.74, 6) is 0.690. The van der Waals surface area contributed by atoms with Crippen LogP contribution >= 0.6 is 23.8 Å². The van der Waals surface area contributed by atoms with Gasteiger partial charge in [-0.05, 0) is 31.0 Å². The molecule has 0 bridgehead atoms. The number of hydrogen-bond donors (Lipinski definition) is 1. The van der Waals surface area contributed by atoms with Gasteiger partial charge in [0.25, 0.3) is 0 Å². The molecule has 1 unspecified atom stereocenters. The van der Waals surface area contributed by atoms with Crippen LogP contribution in [-0.2, 0) is 4.74 Å². The topological polar surface area (TPSA) is 44.5 Å². The van der Waals surface area contributed by atoms with E-state index in [1.165, 1.54) is 12.8 Å². The maximum absolute atomic E-state index is 6.18. The van der Waals surface area contributed by atoms with Crippen LogP contribution in [0.25, 0.3) is 0 Å². The van der Waals surface area contributed by atoms with Crippen molar-refractivity contribution >= 4 is 28.8 Å². The molecule has 3 nitrogen and oxygen atoms in total. The maximum Gasteiger partial charge on any atom is 0.131 e. The van der Waals surface area contributed by atoms with Gasteiger partial charge in [0.05, 0.1) is 17.8 Å². The Morgan fingerprint density at radius 2 is 2.14 bits per heavy atom. The van der Waals surface area contributed by atoms with Crippen molar-refractivity contribution in [2.45, 2.75) is 50.2 Å². The lowest BCUT2D eigenvalue weighted by Crippen LogP contribution is -2.41. The van der Waals surface area contributed by atoms with Crippen molar-refractivity contribution in [1.82, 2.24) is 0 Å². The fourth-order valence-corrected chi connectivity index (χ4v) is 3.76. The first-order chi connectivity index (χ1) is 10.1. The van der Waals surface area contributed by atoms with Gasteiger partial charge in [-0.25, -0.2) is 0 Å². The van der Waals surface area contributed by atoms with Gasteiger partial charge in [-0.2, -0.15) is 0 Å². The second-order valence-corrected chi connectivity index (χ2v) is 6.85. The van der Waals surface area contributed by atoms with Gasteiger partial charge in [0, 0.05) is 17.9 Å². The Hall–Kier alpha value is -0.840. The molecular formula is C16H20ClNO2S. The molecule has 2 aliphatic rings. The molecule has 1 aliphatic carbocycles. The smallest absolute Gasteiger partial charge is 0.131 e. The van der Waals surface area contributed by atoms with Crippen molar-refractivity contribution in [3.63, 3.8) is 0 Å². The van der Waals surface area contributed by atoms with Gasteiger partial charge in [-0.1, -0.05) is 36.7 Å². The lowest BCUT2D eigenvalue weighted by atomic mass is 9.90. The SMILES string of the molecule is NC(=S)c1ccc(Cl)cc1OC1CCOC2(CCCC2)C1. The van der Waals surface area contributed by atoms with Crippen molar-refractivity contribution in [1.29, 1.82) is 0 Å². The summed E-state index contributed by atoms with van der Waals surface area (Å²) in [5, 5.41) is 0.632. The summed E-state index contributed by atoms with van der Waals surface area (Å²) in [4.78, 5) is 0.337. The van der Waals surface area contributed by atoms with Crippen molar-refractivity contribution < 1.29 is 9.47 Å². The fraction of sp³-hybridized carbons (Fsp3) is 0.562. The number of ether oxygens (including phenoxy) is 2. The van der Waals surface area contributed by atoms with E-state index >= 15 is 0 Å². The Labute approximate surface area is 135 Å². The van der Waals surface area contributed by atoms with E-state index in [1.807, 2.05) is 6.07 Å². The quantitative estimate of drug-likeness (QED) is 0.857. The highest BCUT2D eigenvalue weighted by atomic mass is 35.5. The fourth-order valence-electron chi connectivity index (χ4n) is 3.43. The summed E-state index contributed by atoms with van der Waals surface area (Å²) in [7, 11) is 0. The van der Waals surface area contributed by atoms with Crippen molar-refractivity contribution in [2.24, 2.45) is 5.73 Å². The molecule has 2 fully saturated rings. The molecule has 0 amide bonds. The standard InChI is InChI=1S/C16H20ClNO2S/c17-11-3-4-13(15(18)21)14(9-11)20-12-5-8-19-16(10-12)6-1-2-7-16/h3-4,9,12H,1-2,5-8,10H2,(H2,18,21). The van der Waals surface area contributed by atoms with Gasteiger partial charge in [0.15, 0.2) is 0 Å². The van der Waals surface area contributed by atoms with E-state index in [1.54, 1.807) is 12.1 Å². The third-order valence-corrected chi connectivity index (χ3v) is 4.92. The molecule has 1 aliphatic heterocycles. The highest BCUT2D eigenvalue weighted by molar-refractivity contribution is 7.80. The van der Waals surface area contributed by atoms with Crippen LogP contribution in [0.3, 0.4) is 0 Å². The average molecular weight is 326 g/mol. The maximum atomic E-state index is 6.18. The molecule has 1 spiro atoms. The highest BCUT2D eigenvalue weighted by Gasteiger charge is 2.40. The van der Waals surface area contributed by atoms with Crippen molar-refractivity contribution in [2.75, 3.05) is 6.61 Å². The minimum Gasteiger partial charge on any atom is -0.489 e. The molecule has 2 N–H and O–H groups in total. The molecular weight excluding hydrogens is 306 g/mol. The van der Waals surface area contributed by atoms with Crippen LogP contribution in [0.5, 0.6) is 5.75 Å². The summed E-state index contributed by atoms with van der Waals surface area (Å²) < 4.78 is 12.2. The van der Waals surface area contributed by atoms with Gasteiger partial charge in [-0.3, -0.25) is 0 Å². The molecule has 3 rings (SSSR count). The van der Waals surface area contributed by atoms with E-state index in [0.717, 1.165) is 37.9 Å². The number of thiocarbonyl (C=S) groups is 1. The van der Waals surface area contributed by atoms with Crippen LogP contribution in [0.15, 0.2) is 18.2 Å². The second kappa shape index (κ2) is 6.11. The van der Waals surface area contributed by atoms with Crippen molar-refractivity contribution in [3.05, 3.63) is 28.8 Å². The minimum absolute atomic E-state index is 0.0326. The predicted molar refractivity (Wildman–Crippen MR) is 88.1 cm³/mol. The Balaban J connectivity index is 1.77. The number of nitrogens with two attached hydrogens (primary N) is 1. The van der Waals surface area contributed by atoms with Crippen LogP contribution in [0, 0.1) is 0 Å². The van der Waals surface area contributed by atoms with E-state index in [-0.39, 0.29) is 11.7 Å². The van der Waals surface area contributed by atoms with E-state index in [9.17, 15) is 0 Å². The number of hydrogen-bond acceptors (Lipinski definition) is 3. The summed E-state index contributed by atoms with van der Waals surface area (Å²) in [5.41, 5.74) is 6.55. The largest absolute Gasteiger partial charge is 0.489 e. The van der Waals surface area contributed by atoms with E-state index in [2.05, 4.69) is 0 Å². The van der Waals surface area contributed by atoms with Crippen LogP contribution in [-0.4, -0.2) is 23.3 Å². The Morgan fingerprint density at radius 1 is 1.38 bits per heavy atom. The zero-order valence-corrected chi connectivity index (χ0v) is 13.5. The average Bonchev–Trinajstić information content (AvgIpc) is 2.86. The summed E-state index contributed by atoms with van der Waals surface area (Å²) in [6, 6.07) is 5.41. The van der Waals surface area contributed by atoms with Crippen LogP contribution in [0.1, 0.15) is 44.1 Å². The van der Waals surface area contributed by atoms with Gasteiger partial charge >= 0.3 is 0 Å². The predicted octanol–water partition coefficient (Wildman–Crippen LogP) is 3.84. The molecule has 0 aromatic heterocycles. The molecule has 0 radical (unpaired) electrons. The molecule has 1 aromatic carbocycles. The molecule has 1 saturated heterocycles. The lowest BCUT2D eigenvalue weighted by Gasteiger charge is -2.38. The van der Waals surface area contributed by atoms with Gasteiger partial charge in [0.1, 0.15) is 16.8 Å². The van der Waals surface area contributed by atoms with Crippen LogP contribution in [0.4, 0.5) is 0 Å². The Morgan fingerprint density at radius 3 is 2.86 bits per heavy atom. The first-order valence-corrected chi connectivity index (χ1v) is 8.27. The minimum atomic E-state index is 0.0326. The van der Waals surface area contributed by atoms with Crippen molar-refractivity contribution in [3.8, 4) is 5.75 Å². The third-order valence-electron chi connectivity index (χ3n) is 4.47. The second-order valence-electron chi connectivity index (χ2n) is 5.98. The van der Waals surface area contributed by atoms with Gasteiger partial charge in [0.2, 0.25) is 0 Å². The molecule has 114 valence electrons. The normalized spacial score (nSPS) is 24.1. The molecule has 21 heavy (non-hydrogen) atoms. The lowest BCUT2D eigenvalue weighted by molar-refractivity contribution is -0.108. The number of rotatable bonds is 3. The van der Waals surface area contributed by atoms with E-state index in [0.29, 0.717) is 15.8 Å². The summed E-state index contributed by atoms with van der Waals surface area (Å²) >= 11 is 11.2.